The van der Waals surface area contributed by atoms with Gasteiger partial charge < -0.3 is 18.9 Å². The highest BCUT2D eigenvalue weighted by atomic mass is 32.2. The zero-order chi connectivity index (χ0) is 19.1. The first-order valence-corrected chi connectivity index (χ1v) is 10.7. The fraction of sp³-hybridized carbons (Fsp3) is 0.400. The Morgan fingerprint density at radius 2 is 1.67 bits per heavy atom. The molecule has 0 saturated carbocycles. The summed E-state index contributed by atoms with van der Waals surface area (Å²) in [6.07, 6.45) is 2.17. The van der Waals surface area contributed by atoms with Gasteiger partial charge in [0, 0.05) is 45.0 Å². The van der Waals surface area contributed by atoms with Crippen LogP contribution in [0.4, 0.5) is 0 Å². The van der Waals surface area contributed by atoms with Crippen molar-refractivity contribution in [1.82, 2.24) is 0 Å². The van der Waals surface area contributed by atoms with Crippen LogP contribution in [0.25, 0.3) is 0 Å². The maximum Gasteiger partial charge on any atom is 0.267 e. The minimum atomic E-state index is -3.23. The summed E-state index contributed by atoms with van der Waals surface area (Å²) >= 11 is 0. The molecule has 2 aromatic carbocycles. The van der Waals surface area contributed by atoms with E-state index < -0.39 is 16.1 Å². The molecular formula is C20H22O6S. The highest BCUT2D eigenvalue weighted by Gasteiger charge is 2.36. The lowest BCUT2D eigenvalue weighted by atomic mass is 9.86. The van der Waals surface area contributed by atoms with E-state index in [4.69, 9.17) is 18.9 Å². The summed E-state index contributed by atoms with van der Waals surface area (Å²) in [4.78, 5) is 0.269. The summed E-state index contributed by atoms with van der Waals surface area (Å²) < 4.78 is 46.4. The fourth-order valence-electron chi connectivity index (χ4n) is 3.56. The van der Waals surface area contributed by atoms with E-state index in [1.54, 1.807) is 31.4 Å². The van der Waals surface area contributed by atoms with Crippen molar-refractivity contribution in [3.05, 3.63) is 53.6 Å². The van der Waals surface area contributed by atoms with E-state index in [2.05, 4.69) is 0 Å². The van der Waals surface area contributed by atoms with Gasteiger partial charge in [-0.2, -0.15) is 0 Å². The molecule has 1 atom stereocenters. The second kappa shape index (κ2) is 6.82. The van der Waals surface area contributed by atoms with Crippen LogP contribution >= 0.6 is 0 Å². The summed E-state index contributed by atoms with van der Waals surface area (Å²) in [5.74, 6) is 1.32. The van der Waals surface area contributed by atoms with Crippen LogP contribution < -0.4 is 9.47 Å². The Balaban J connectivity index is 1.57. The van der Waals surface area contributed by atoms with Crippen LogP contribution in [0.5, 0.6) is 11.5 Å². The smallest absolute Gasteiger partial charge is 0.267 e. The van der Waals surface area contributed by atoms with Crippen molar-refractivity contribution in [2.75, 3.05) is 26.6 Å². The average molecular weight is 390 g/mol. The molecule has 1 unspecified atom stereocenters. The molecule has 144 valence electrons. The molecule has 2 heterocycles. The van der Waals surface area contributed by atoms with Gasteiger partial charge in [0.05, 0.1) is 10.5 Å². The Hall–Kier alpha value is -2.09. The second-order valence-corrected chi connectivity index (χ2v) is 8.90. The third kappa shape index (κ3) is 3.42. The Morgan fingerprint density at radius 3 is 2.30 bits per heavy atom. The summed E-state index contributed by atoms with van der Waals surface area (Å²) in [5.41, 5.74) is 1.43. The van der Waals surface area contributed by atoms with Crippen LogP contribution in [-0.4, -0.2) is 35.0 Å². The zero-order valence-electron chi connectivity index (χ0n) is 15.3. The van der Waals surface area contributed by atoms with Crippen LogP contribution in [0.2, 0.25) is 0 Å². The number of ether oxygens (including phenoxy) is 4. The molecule has 0 N–H and O–H groups in total. The molecule has 2 aliphatic heterocycles. The molecule has 0 radical (unpaired) electrons. The van der Waals surface area contributed by atoms with Crippen molar-refractivity contribution >= 4 is 9.84 Å². The van der Waals surface area contributed by atoms with Crippen molar-refractivity contribution in [3.8, 4) is 11.5 Å². The molecule has 7 heteroatoms. The quantitative estimate of drug-likeness (QED) is 0.798. The van der Waals surface area contributed by atoms with Crippen LogP contribution in [0.15, 0.2) is 47.4 Å². The van der Waals surface area contributed by atoms with E-state index >= 15 is 0 Å². The molecule has 2 aliphatic rings. The molecule has 2 aromatic rings. The van der Waals surface area contributed by atoms with Gasteiger partial charge in [0.1, 0.15) is 0 Å². The monoisotopic (exact) mass is 390 g/mol. The lowest BCUT2D eigenvalue weighted by Crippen LogP contribution is -2.35. The maximum absolute atomic E-state index is 11.6. The first-order chi connectivity index (χ1) is 12.9. The molecule has 0 spiro atoms. The van der Waals surface area contributed by atoms with Crippen LogP contribution in [0, 0.1) is 0 Å². The highest BCUT2D eigenvalue weighted by Crippen LogP contribution is 2.45. The molecule has 27 heavy (non-hydrogen) atoms. The molecule has 4 rings (SSSR count). The minimum Gasteiger partial charge on any atom is -0.447 e. The number of rotatable bonds is 4. The molecule has 0 amide bonds. The van der Waals surface area contributed by atoms with E-state index in [-0.39, 0.29) is 10.5 Å². The lowest BCUT2D eigenvalue weighted by molar-refractivity contribution is -0.0948. The number of fused-ring (bicyclic) bond motifs is 1. The Labute approximate surface area is 158 Å². The SMILES string of the molecule is COC1(c2ccc3c(c2)OC(c2ccc(S(C)(=O)=O)cc2)O3)CCOCC1. The number of hydrogen-bond acceptors (Lipinski definition) is 6. The van der Waals surface area contributed by atoms with Gasteiger partial charge in [0.15, 0.2) is 21.3 Å². The molecule has 0 aromatic heterocycles. The van der Waals surface area contributed by atoms with E-state index in [1.807, 2.05) is 18.2 Å². The summed E-state index contributed by atoms with van der Waals surface area (Å²) in [5, 5.41) is 0. The van der Waals surface area contributed by atoms with Crippen molar-refractivity contribution in [2.24, 2.45) is 0 Å². The predicted molar refractivity (Wildman–Crippen MR) is 98.7 cm³/mol. The standard InChI is InChI=1S/C20H22O6S/c1-23-20(9-11-24-12-10-20)15-5-8-17-18(13-15)26-19(25-17)14-3-6-16(7-4-14)27(2,21)22/h3-8,13,19H,9-12H2,1-2H3. The maximum atomic E-state index is 11.6. The van der Waals surface area contributed by atoms with Crippen LogP contribution in [0.3, 0.4) is 0 Å². The number of benzene rings is 2. The van der Waals surface area contributed by atoms with Gasteiger partial charge in [-0.1, -0.05) is 18.2 Å². The fourth-order valence-corrected chi connectivity index (χ4v) is 4.19. The van der Waals surface area contributed by atoms with Crippen molar-refractivity contribution < 1.29 is 27.4 Å². The normalized spacial score (nSPS) is 21.2. The van der Waals surface area contributed by atoms with Gasteiger partial charge in [0.2, 0.25) is 0 Å². The van der Waals surface area contributed by atoms with Gasteiger partial charge in [-0.15, -0.1) is 0 Å². The van der Waals surface area contributed by atoms with Crippen molar-refractivity contribution in [1.29, 1.82) is 0 Å². The molecule has 0 bridgehead atoms. The predicted octanol–water partition coefficient (Wildman–Crippen LogP) is 3.21. The Kier molecular flexibility index (Phi) is 4.61. The van der Waals surface area contributed by atoms with Crippen molar-refractivity contribution in [3.63, 3.8) is 0 Å². The second-order valence-electron chi connectivity index (χ2n) is 6.88. The van der Waals surface area contributed by atoms with Gasteiger partial charge in [-0.3, -0.25) is 0 Å². The average Bonchev–Trinajstić information content (AvgIpc) is 3.11. The Bertz CT molecular complexity index is 929. The topological polar surface area (TPSA) is 71.1 Å². The number of sulfone groups is 1. The van der Waals surface area contributed by atoms with E-state index in [0.29, 0.717) is 24.7 Å². The number of methoxy groups -OCH3 is 1. The van der Waals surface area contributed by atoms with Gasteiger partial charge in [-0.05, 0) is 29.8 Å². The Morgan fingerprint density at radius 1 is 1.00 bits per heavy atom. The number of hydrogen-bond donors (Lipinski definition) is 0. The molecule has 1 saturated heterocycles. The first-order valence-electron chi connectivity index (χ1n) is 8.82. The van der Waals surface area contributed by atoms with Gasteiger partial charge >= 0.3 is 0 Å². The largest absolute Gasteiger partial charge is 0.447 e. The minimum absolute atomic E-state index is 0.269. The molecule has 0 aliphatic carbocycles. The summed E-state index contributed by atoms with van der Waals surface area (Å²) in [6, 6.07) is 12.4. The zero-order valence-corrected chi connectivity index (χ0v) is 16.1. The third-order valence-corrected chi connectivity index (χ3v) is 6.34. The van der Waals surface area contributed by atoms with Crippen LogP contribution in [-0.2, 0) is 24.9 Å². The van der Waals surface area contributed by atoms with Crippen molar-refractivity contribution in [2.45, 2.75) is 29.6 Å². The van der Waals surface area contributed by atoms with E-state index in [0.717, 1.165) is 24.0 Å². The van der Waals surface area contributed by atoms with E-state index in [1.165, 1.54) is 6.26 Å². The van der Waals surface area contributed by atoms with Crippen LogP contribution in [0.1, 0.15) is 30.3 Å². The molecule has 6 nitrogen and oxygen atoms in total. The first kappa shape index (κ1) is 18.3. The lowest BCUT2D eigenvalue weighted by Gasteiger charge is -2.36. The highest BCUT2D eigenvalue weighted by molar-refractivity contribution is 7.90. The summed E-state index contributed by atoms with van der Waals surface area (Å²) in [6.45, 7) is 1.33. The van der Waals surface area contributed by atoms with E-state index in [9.17, 15) is 8.42 Å². The summed E-state index contributed by atoms with van der Waals surface area (Å²) in [7, 11) is -1.51. The molecular weight excluding hydrogens is 368 g/mol. The molecule has 1 fully saturated rings. The van der Waals surface area contributed by atoms with Gasteiger partial charge in [-0.25, -0.2) is 8.42 Å². The third-order valence-electron chi connectivity index (χ3n) is 5.21. The van der Waals surface area contributed by atoms with Gasteiger partial charge in [0.25, 0.3) is 6.29 Å².